The molecule has 114 valence electrons. The van der Waals surface area contributed by atoms with Crippen molar-refractivity contribution in [2.75, 3.05) is 6.61 Å². The summed E-state index contributed by atoms with van der Waals surface area (Å²) in [4.78, 5) is 11.5. The van der Waals surface area contributed by atoms with Gasteiger partial charge in [0, 0.05) is 11.6 Å². The predicted molar refractivity (Wildman–Crippen MR) is 84.1 cm³/mol. The number of carbonyl (C=O) groups is 1. The second kappa shape index (κ2) is 7.77. The van der Waals surface area contributed by atoms with Gasteiger partial charge in [-0.1, -0.05) is 41.4 Å². The molecule has 2 rings (SSSR count). The number of carbonyl (C=O) groups excluding carboxylic acids is 1. The van der Waals surface area contributed by atoms with Crippen LogP contribution in [-0.2, 0) is 4.79 Å². The second-order valence-electron chi connectivity index (χ2n) is 4.18. The molecular weight excluding hydrogens is 330 g/mol. The fourth-order valence-electron chi connectivity index (χ4n) is 1.53. The van der Waals surface area contributed by atoms with Crippen LogP contribution in [0.1, 0.15) is 5.56 Å². The van der Waals surface area contributed by atoms with E-state index in [1.165, 1.54) is 24.4 Å². The van der Waals surface area contributed by atoms with Crippen LogP contribution in [0.2, 0.25) is 10.0 Å². The van der Waals surface area contributed by atoms with Crippen LogP contribution in [0.5, 0.6) is 5.75 Å². The molecule has 0 bridgehead atoms. The minimum atomic E-state index is -0.487. The van der Waals surface area contributed by atoms with E-state index in [0.29, 0.717) is 15.6 Å². The highest BCUT2D eigenvalue weighted by Crippen LogP contribution is 2.24. The highest BCUT2D eigenvalue weighted by molar-refractivity contribution is 6.43. The zero-order valence-electron chi connectivity index (χ0n) is 11.2. The first-order valence-corrected chi connectivity index (χ1v) is 6.96. The van der Waals surface area contributed by atoms with Crippen molar-refractivity contribution >= 4 is 35.3 Å². The predicted octanol–water partition coefficient (Wildman–Crippen LogP) is 3.66. The molecule has 1 amide bonds. The Morgan fingerprint density at radius 1 is 1.27 bits per heavy atom. The van der Waals surface area contributed by atoms with E-state index < -0.39 is 11.7 Å². The van der Waals surface area contributed by atoms with Crippen LogP contribution in [0.3, 0.4) is 0 Å². The van der Waals surface area contributed by atoms with Crippen molar-refractivity contribution in [3.63, 3.8) is 0 Å². The molecule has 0 aliphatic heterocycles. The lowest BCUT2D eigenvalue weighted by Gasteiger charge is -2.04. The van der Waals surface area contributed by atoms with Crippen molar-refractivity contribution in [2.45, 2.75) is 0 Å². The molecule has 0 saturated heterocycles. The first-order valence-electron chi connectivity index (χ1n) is 6.20. The van der Waals surface area contributed by atoms with E-state index in [0.717, 1.165) is 0 Å². The number of nitrogens with one attached hydrogen (secondary N) is 1. The van der Waals surface area contributed by atoms with Crippen LogP contribution >= 0.6 is 23.2 Å². The van der Waals surface area contributed by atoms with E-state index in [9.17, 15) is 9.18 Å². The number of ether oxygens (including phenoxy) is 1. The van der Waals surface area contributed by atoms with Gasteiger partial charge >= 0.3 is 0 Å². The summed E-state index contributed by atoms with van der Waals surface area (Å²) in [5, 5.41) is 4.49. The van der Waals surface area contributed by atoms with E-state index in [-0.39, 0.29) is 12.4 Å². The first kappa shape index (κ1) is 16.3. The van der Waals surface area contributed by atoms with Crippen molar-refractivity contribution in [2.24, 2.45) is 5.10 Å². The molecule has 2 aromatic rings. The van der Waals surface area contributed by atoms with Gasteiger partial charge in [-0.25, -0.2) is 9.82 Å². The second-order valence-corrected chi connectivity index (χ2v) is 4.97. The van der Waals surface area contributed by atoms with E-state index in [4.69, 9.17) is 27.9 Å². The van der Waals surface area contributed by atoms with Gasteiger partial charge in [0.1, 0.15) is 11.6 Å². The van der Waals surface area contributed by atoms with E-state index in [1.807, 2.05) is 0 Å². The Hall–Kier alpha value is -2.11. The summed E-state index contributed by atoms with van der Waals surface area (Å²) >= 11 is 11.8. The maximum atomic E-state index is 12.9. The summed E-state index contributed by atoms with van der Waals surface area (Å²) in [6, 6.07) is 10.6. The smallest absolute Gasteiger partial charge is 0.277 e. The van der Waals surface area contributed by atoms with Gasteiger partial charge in [-0.2, -0.15) is 5.10 Å². The average molecular weight is 341 g/mol. The monoisotopic (exact) mass is 340 g/mol. The standard InChI is InChI=1S/C15H11Cl2FN2O2/c16-13-6-1-3-10(15(13)17)8-19-20-14(21)9-22-12-5-2-4-11(18)7-12/h1-8H,9H2,(H,20,21)/b19-8-. The van der Waals surface area contributed by atoms with Gasteiger partial charge in [0.2, 0.25) is 0 Å². The van der Waals surface area contributed by atoms with Gasteiger partial charge in [0.25, 0.3) is 5.91 Å². The molecule has 2 aromatic carbocycles. The fourth-order valence-corrected chi connectivity index (χ4v) is 1.89. The normalized spacial score (nSPS) is 10.7. The van der Waals surface area contributed by atoms with Crippen LogP contribution < -0.4 is 10.2 Å². The zero-order valence-corrected chi connectivity index (χ0v) is 12.7. The van der Waals surface area contributed by atoms with E-state index in [2.05, 4.69) is 10.5 Å². The van der Waals surface area contributed by atoms with Crippen LogP contribution in [0.4, 0.5) is 4.39 Å². The summed E-state index contributed by atoms with van der Waals surface area (Å²) in [7, 11) is 0. The molecule has 1 N–H and O–H groups in total. The summed E-state index contributed by atoms with van der Waals surface area (Å²) < 4.78 is 18.0. The number of amides is 1. The van der Waals surface area contributed by atoms with Crippen LogP contribution in [0, 0.1) is 5.82 Å². The Morgan fingerprint density at radius 2 is 2.05 bits per heavy atom. The lowest BCUT2D eigenvalue weighted by atomic mass is 10.2. The molecule has 0 unspecified atom stereocenters. The number of rotatable bonds is 5. The molecule has 4 nitrogen and oxygen atoms in total. The molecule has 0 aliphatic carbocycles. The van der Waals surface area contributed by atoms with Crippen LogP contribution in [0.15, 0.2) is 47.6 Å². The lowest BCUT2D eigenvalue weighted by molar-refractivity contribution is -0.123. The van der Waals surface area contributed by atoms with Crippen molar-refractivity contribution in [1.82, 2.24) is 5.43 Å². The van der Waals surface area contributed by atoms with Crippen LogP contribution in [0.25, 0.3) is 0 Å². The number of hydrazone groups is 1. The molecule has 0 heterocycles. The number of hydrogen-bond donors (Lipinski definition) is 1. The van der Waals surface area contributed by atoms with Gasteiger partial charge in [-0.3, -0.25) is 4.79 Å². The minimum absolute atomic E-state index is 0.261. The third-order valence-corrected chi connectivity index (χ3v) is 3.37. The number of nitrogens with zero attached hydrogens (tertiary/aromatic N) is 1. The maximum Gasteiger partial charge on any atom is 0.277 e. The molecule has 0 aliphatic rings. The Bertz CT molecular complexity index is 708. The Morgan fingerprint density at radius 3 is 2.82 bits per heavy atom. The first-order chi connectivity index (χ1) is 10.6. The summed E-state index contributed by atoms with van der Waals surface area (Å²) in [5.41, 5.74) is 2.84. The molecule has 0 atom stereocenters. The fraction of sp³-hybridized carbons (Fsp3) is 0.0667. The topological polar surface area (TPSA) is 50.7 Å². The van der Waals surface area contributed by atoms with Gasteiger partial charge in [0.15, 0.2) is 6.61 Å². The number of hydrogen-bond acceptors (Lipinski definition) is 3. The maximum absolute atomic E-state index is 12.9. The molecule has 7 heteroatoms. The van der Waals surface area contributed by atoms with E-state index >= 15 is 0 Å². The van der Waals surface area contributed by atoms with Crippen molar-refractivity contribution in [1.29, 1.82) is 0 Å². The third-order valence-electron chi connectivity index (χ3n) is 2.54. The van der Waals surface area contributed by atoms with Crippen molar-refractivity contribution < 1.29 is 13.9 Å². The summed E-state index contributed by atoms with van der Waals surface area (Å²) in [5.74, 6) is -0.665. The lowest BCUT2D eigenvalue weighted by Crippen LogP contribution is -2.24. The van der Waals surface area contributed by atoms with Gasteiger partial charge < -0.3 is 4.74 Å². The Kier molecular flexibility index (Phi) is 5.75. The van der Waals surface area contributed by atoms with Gasteiger partial charge in [0.05, 0.1) is 16.3 Å². The SMILES string of the molecule is O=C(COc1cccc(F)c1)N/N=C\c1cccc(Cl)c1Cl. The summed E-state index contributed by atoms with van der Waals surface area (Å²) in [6.07, 6.45) is 1.37. The molecule has 0 radical (unpaired) electrons. The van der Waals surface area contributed by atoms with Gasteiger partial charge in [-0.05, 0) is 18.2 Å². The Balaban J connectivity index is 1.85. The van der Waals surface area contributed by atoms with Crippen molar-refractivity contribution in [3.05, 3.63) is 63.9 Å². The molecule has 0 aromatic heterocycles. The molecule has 0 saturated carbocycles. The van der Waals surface area contributed by atoms with Crippen molar-refractivity contribution in [3.8, 4) is 5.75 Å². The Labute approximate surface area is 136 Å². The van der Waals surface area contributed by atoms with E-state index in [1.54, 1.807) is 24.3 Å². The third kappa shape index (κ3) is 4.72. The molecule has 22 heavy (non-hydrogen) atoms. The highest BCUT2D eigenvalue weighted by atomic mass is 35.5. The molecule has 0 spiro atoms. The average Bonchev–Trinajstić information content (AvgIpc) is 2.49. The zero-order chi connectivity index (χ0) is 15.9. The minimum Gasteiger partial charge on any atom is -0.484 e. The largest absolute Gasteiger partial charge is 0.484 e. The molecule has 0 fully saturated rings. The number of halogens is 3. The quantitative estimate of drug-likeness (QED) is 0.667. The summed E-state index contributed by atoms with van der Waals surface area (Å²) in [6.45, 7) is -0.288. The molecular formula is C15H11Cl2FN2O2. The highest BCUT2D eigenvalue weighted by Gasteiger charge is 2.04. The number of benzene rings is 2. The van der Waals surface area contributed by atoms with Crippen LogP contribution in [-0.4, -0.2) is 18.7 Å². The van der Waals surface area contributed by atoms with Gasteiger partial charge in [-0.15, -0.1) is 0 Å².